The Labute approximate surface area is 564 Å². The number of imidazole rings is 1. The first-order valence-electron chi connectivity index (χ1n) is 29.9. The van der Waals surface area contributed by atoms with Crippen molar-refractivity contribution < 1.29 is 57.6 Å². The topological polar surface area (TPSA) is 336 Å². The number of carbonyl (C=O) groups is 9. The van der Waals surface area contributed by atoms with Crippen molar-refractivity contribution in [3.05, 3.63) is 59.7 Å². The highest BCUT2D eigenvalue weighted by atomic mass is 32.2. The summed E-state index contributed by atoms with van der Waals surface area (Å²) >= 11 is 25.9. The van der Waals surface area contributed by atoms with Crippen molar-refractivity contribution >= 4 is 145 Å². The molecule has 8 amide bonds. The first kappa shape index (κ1) is 78.9. The number of methoxy groups -OCH3 is 1. The number of carbonyl (C=O) groups excluding carboxylic acids is 9. The Bertz CT molecular complexity index is 2970. The Balaban J connectivity index is 1.87. The molecular formula is C60H93N14O11S6+. The van der Waals surface area contributed by atoms with Gasteiger partial charge in [-0.25, -0.2) is 9.13 Å². The number of amides is 8. The Morgan fingerprint density at radius 3 is 1.90 bits per heavy atom. The van der Waals surface area contributed by atoms with Gasteiger partial charge in [0.15, 0.2) is 5.69 Å². The van der Waals surface area contributed by atoms with E-state index in [1.54, 1.807) is 113 Å². The number of rotatable bonds is 26. The third kappa shape index (κ3) is 24.6. The summed E-state index contributed by atoms with van der Waals surface area (Å²) in [7, 11) is 4.88. The number of Topliss-reactive ketones (excluding diaryl/α,β-unsaturated/α-hetero) is 1. The molecule has 1 aromatic carbocycles. The lowest BCUT2D eigenvalue weighted by molar-refractivity contribution is -0.671. The van der Waals surface area contributed by atoms with Gasteiger partial charge < -0.3 is 73.6 Å². The normalized spacial score (nSPS) is 21.2. The van der Waals surface area contributed by atoms with Gasteiger partial charge in [0.1, 0.15) is 60.3 Å². The highest BCUT2D eigenvalue weighted by Crippen LogP contribution is 2.21. The second kappa shape index (κ2) is 38.0. The summed E-state index contributed by atoms with van der Waals surface area (Å²) in [6.07, 6.45) is 5.89. The number of hydrogen-bond acceptors (Lipinski definition) is 17. The molecule has 0 saturated heterocycles. The molecule has 2 heterocycles. The molecular weight excluding hydrogens is 1290 g/mol. The molecule has 0 bridgehead atoms. The van der Waals surface area contributed by atoms with Crippen LogP contribution in [0.2, 0.25) is 0 Å². The minimum absolute atomic E-state index is 0.0777. The summed E-state index contributed by atoms with van der Waals surface area (Å²) in [6, 6.07) is -4.51. The van der Waals surface area contributed by atoms with Gasteiger partial charge in [-0.3, -0.25) is 43.2 Å². The van der Waals surface area contributed by atoms with Crippen molar-refractivity contribution in [2.75, 3.05) is 19.1 Å². The van der Waals surface area contributed by atoms with Gasteiger partial charge in [0.05, 0.1) is 65.3 Å². The number of hydrogen-bond donors (Lipinski definition) is 13. The maximum atomic E-state index is 14.5. The van der Waals surface area contributed by atoms with Gasteiger partial charge >= 0.3 is 0 Å². The third-order valence-electron chi connectivity index (χ3n) is 15.0. The fourth-order valence-electron chi connectivity index (χ4n) is 9.12. The van der Waals surface area contributed by atoms with Gasteiger partial charge in [-0.15, -0.1) is 11.8 Å². The highest BCUT2D eigenvalue weighted by Gasteiger charge is 2.39. The quantitative estimate of drug-likeness (QED) is 0.0357. The van der Waals surface area contributed by atoms with E-state index in [1.165, 1.54) is 32.6 Å². The molecule has 0 radical (unpaired) electrons. The zero-order valence-electron chi connectivity index (χ0n) is 54.6. The van der Waals surface area contributed by atoms with Gasteiger partial charge in [0.2, 0.25) is 53.5 Å². The minimum atomic E-state index is -1.63. The van der Waals surface area contributed by atoms with Crippen LogP contribution in [-0.2, 0) is 63.7 Å². The van der Waals surface area contributed by atoms with E-state index in [0.717, 1.165) is 11.8 Å². The van der Waals surface area contributed by atoms with Crippen LogP contribution in [0.5, 0.6) is 5.75 Å². The van der Waals surface area contributed by atoms with E-state index < -0.39 is 137 Å². The average Bonchev–Trinajstić information content (AvgIpc) is 1.93. The number of nitrogens with one attached hydrogen (secondary N) is 12. The first-order chi connectivity index (χ1) is 42.6. The number of thiocarbonyl (C=S) groups is 4. The molecule has 31 heteroatoms. The number of benzene rings is 1. The number of ether oxygens (including phenoxy) is 1. The smallest absolute Gasteiger partial charge is 0.287 e. The fourth-order valence-corrected chi connectivity index (χ4v) is 11.8. The van der Waals surface area contributed by atoms with Gasteiger partial charge in [-0.1, -0.05) is 116 Å². The zero-order chi connectivity index (χ0) is 68.7. The lowest BCUT2D eigenvalue weighted by Crippen LogP contribution is -2.62. The van der Waals surface area contributed by atoms with E-state index in [1.807, 2.05) is 34.0 Å². The number of aryl methyl sites for hydroxylation is 2. The van der Waals surface area contributed by atoms with Gasteiger partial charge in [0, 0.05) is 24.8 Å². The van der Waals surface area contributed by atoms with Gasteiger partial charge in [-0.2, -0.15) is 11.8 Å². The molecule has 13 N–H and O–H groups in total. The molecule has 1 aromatic heterocycles. The second-order valence-corrected chi connectivity index (χ2v) is 27.3. The number of aromatic nitrogens is 2. The molecule has 0 spiro atoms. The molecule has 0 saturated carbocycles. The predicted molar refractivity (Wildman–Crippen MR) is 370 cm³/mol. The van der Waals surface area contributed by atoms with Crippen LogP contribution in [0.3, 0.4) is 0 Å². The molecule has 91 heavy (non-hydrogen) atoms. The predicted octanol–water partition coefficient (Wildman–Crippen LogP) is 1.17. The van der Waals surface area contributed by atoms with Crippen LogP contribution in [0.4, 0.5) is 0 Å². The van der Waals surface area contributed by atoms with Crippen LogP contribution in [0.15, 0.2) is 48.4 Å². The summed E-state index contributed by atoms with van der Waals surface area (Å²) in [6.45, 7) is 20.1. The van der Waals surface area contributed by atoms with Crippen molar-refractivity contribution in [1.82, 2.24) is 68.4 Å². The lowest BCUT2D eigenvalue weighted by atomic mass is 9.98. The van der Waals surface area contributed by atoms with Crippen LogP contribution in [0, 0.1) is 17.8 Å². The summed E-state index contributed by atoms with van der Waals surface area (Å²) in [4.78, 5) is 124. The fraction of sp³-hybridized carbons (Fsp3) is 0.600. The Hall–Kier alpha value is -6.38. The Kier molecular flexibility index (Phi) is 32.9. The van der Waals surface area contributed by atoms with E-state index in [0.29, 0.717) is 34.9 Å². The van der Waals surface area contributed by atoms with Crippen molar-refractivity contribution in [2.24, 2.45) is 31.8 Å². The van der Waals surface area contributed by atoms with Crippen LogP contribution in [0.25, 0.3) is 0 Å². The molecule has 3 rings (SSSR count). The maximum absolute atomic E-state index is 14.5. The highest BCUT2D eigenvalue weighted by molar-refractivity contribution is 8.02. The maximum Gasteiger partial charge on any atom is 0.287 e. The molecule has 0 aliphatic carbocycles. The third-order valence-corrected chi connectivity index (χ3v) is 18.3. The Morgan fingerprint density at radius 1 is 0.736 bits per heavy atom. The minimum Gasteiger partial charge on any atom is -0.497 e. The monoisotopic (exact) mass is 1380 g/mol. The number of aliphatic hydroxyl groups excluding tert-OH is 1. The SMILES string of the molecule is CCC(C)[C@H](NC(=S)[C@H](C)NC(=O)[C@H](C)NC(=S)[C@H](CCSC)NC(=S)[C@@H](NC(=O)C(C)=O)C(C)C)C(=S)N[C@@H](C)C(=O)N[C@@H]1C(=O)N[C@@H](C(C)C)C(=O)N[C@@H](C)C(=O)N[C@@H](Cc2ccc(OC)cc2)C(=O)N[C@@H](C(O)c2c[n+](C)cn2C)C(=O)NC=CS[C@@H]1C. The average molecular weight is 1380 g/mol. The molecule has 504 valence electrons. The molecule has 0 fully saturated rings. The standard InChI is InChI=1S/C60H92N14O11S6/c1-17-31(6)45(72-57(86)35(10)63-49(77)33(8)64-58(87)40(22-24-90-16)67-59(88)44(30(4)5)69-52(80)36(11)75)60(89)65-34(9)51(79)70-46-37(12)91-25-23-61-54(82)47(48(76)42-27-73(13)28-74(42)14)71-53(81)41(26-38-18-20-39(85-15)21-19-38)66-50(78)32(7)62-55(83)43(29(2)3)68-56(46)84/h18-21,23,25,27-35,37,40-41,43-48,76H,17,22,24,26H2,1-16H3,(H11-,61,62,63,64,65,66,67,68,69,70,71,72,77,78,79,80,81,82,83,84,86,87,88,89)/p+1/t31?,32-,33-,34-,35-,37+,40-,41-,43-,44-,45-,46-,47-,48?/m0/s1. The van der Waals surface area contributed by atoms with E-state index in [-0.39, 0.29) is 38.9 Å². The zero-order valence-corrected chi connectivity index (χ0v) is 59.5. The number of ketones is 1. The van der Waals surface area contributed by atoms with E-state index in [2.05, 4.69) is 63.8 Å². The largest absolute Gasteiger partial charge is 0.497 e. The van der Waals surface area contributed by atoms with Crippen molar-refractivity contribution in [1.29, 1.82) is 0 Å². The van der Waals surface area contributed by atoms with Crippen molar-refractivity contribution in [2.45, 2.75) is 180 Å². The van der Waals surface area contributed by atoms with Gasteiger partial charge in [0.25, 0.3) is 5.91 Å². The number of nitrogens with zero attached hydrogens (tertiary/aromatic N) is 2. The van der Waals surface area contributed by atoms with Crippen LogP contribution < -0.4 is 73.1 Å². The van der Waals surface area contributed by atoms with E-state index in [4.69, 9.17) is 53.6 Å². The summed E-state index contributed by atoms with van der Waals surface area (Å²) < 4.78 is 8.53. The van der Waals surface area contributed by atoms with Crippen LogP contribution in [-0.4, -0.2) is 173 Å². The first-order valence-corrected chi connectivity index (χ1v) is 33.9. The van der Waals surface area contributed by atoms with E-state index >= 15 is 0 Å². The molecule has 14 atom stereocenters. The summed E-state index contributed by atoms with van der Waals surface area (Å²) in [5.41, 5.74) is 0.872. The van der Waals surface area contributed by atoms with Gasteiger partial charge in [-0.05, 0) is 87.0 Å². The summed E-state index contributed by atoms with van der Waals surface area (Å²) in [5, 5.41) is 47.0. The number of aliphatic hydroxyl groups is 1. The van der Waals surface area contributed by atoms with Crippen molar-refractivity contribution in [3.8, 4) is 5.75 Å². The molecule has 1 aliphatic heterocycles. The van der Waals surface area contributed by atoms with Crippen molar-refractivity contribution in [3.63, 3.8) is 0 Å². The summed E-state index contributed by atoms with van der Waals surface area (Å²) in [5.74, 6) is -6.06. The lowest BCUT2D eigenvalue weighted by Gasteiger charge is -2.32. The molecule has 1 aliphatic rings. The molecule has 25 nitrogen and oxygen atoms in total. The Morgan fingerprint density at radius 2 is 1.34 bits per heavy atom. The second-order valence-electron chi connectivity index (χ2n) is 23.2. The number of thioether (sulfide) groups is 2. The van der Waals surface area contributed by atoms with E-state index in [9.17, 15) is 48.3 Å². The molecule has 2 aromatic rings. The van der Waals surface area contributed by atoms with Crippen LogP contribution >= 0.6 is 72.4 Å². The van der Waals surface area contributed by atoms with Crippen LogP contribution in [0.1, 0.15) is 113 Å². The molecule has 2 unspecified atom stereocenters.